The van der Waals surface area contributed by atoms with Crippen LogP contribution in [0.2, 0.25) is 0 Å². The highest BCUT2D eigenvalue weighted by Gasteiger charge is 2.43. The first kappa shape index (κ1) is 24.4. The van der Waals surface area contributed by atoms with Gasteiger partial charge in [-0.1, -0.05) is 6.07 Å². The molecule has 3 rings (SSSR count). The summed E-state index contributed by atoms with van der Waals surface area (Å²) in [6, 6.07) is 15.2. The normalized spacial score (nSPS) is 11.5. The second kappa shape index (κ2) is 9.73. The van der Waals surface area contributed by atoms with Crippen molar-refractivity contribution in [3.05, 3.63) is 66.5 Å². The van der Waals surface area contributed by atoms with Crippen LogP contribution in [0.3, 0.4) is 0 Å². The number of halogens is 3. The van der Waals surface area contributed by atoms with Gasteiger partial charge in [0, 0.05) is 24.5 Å². The van der Waals surface area contributed by atoms with Crippen LogP contribution in [-0.2, 0) is 19.7 Å². The van der Waals surface area contributed by atoms with E-state index in [1.807, 2.05) is 6.07 Å². The number of aromatic nitrogens is 2. The van der Waals surface area contributed by atoms with Gasteiger partial charge in [0.15, 0.2) is 0 Å². The molecule has 0 saturated carbocycles. The van der Waals surface area contributed by atoms with Gasteiger partial charge < -0.3 is 15.5 Å². The van der Waals surface area contributed by atoms with Crippen molar-refractivity contribution in [2.24, 2.45) is 0 Å². The number of carbonyl (C=O) groups is 1. The molecule has 0 aliphatic rings. The number of alkyl halides is 3. The van der Waals surface area contributed by atoms with Crippen LogP contribution in [0.5, 0.6) is 0 Å². The van der Waals surface area contributed by atoms with E-state index in [0.717, 1.165) is 12.1 Å². The van der Waals surface area contributed by atoms with Crippen LogP contribution in [0.1, 0.15) is 5.56 Å². The largest absolute Gasteiger partial charge is 0.492 e. The van der Waals surface area contributed by atoms with Gasteiger partial charge in [0.2, 0.25) is 0 Å². The van der Waals surface area contributed by atoms with Crippen LogP contribution >= 0.6 is 0 Å². The standard InChI is InChI=1S/C20H15F3N6O4S/c1-29(33-19(30)20(21,22)23)34(31,32)16-4-2-3-15(9-16)28-18-10-17(25-12-26-18)27-14-7-5-13(11-24)6-8-14/h2-10,12H,1H3,(H2,25,26,27,28). The minimum atomic E-state index is -5.36. The first-order valence-corrected chi connectivity index (χ1v) is 10.7. The third kappa shape index (κ3) is 5.97. The van der Waals surface area contributed by atoms with Crippen molar-refractivity contribution in [1.82, 2.24) is 14.4 Å². The van der Waals surface area contributed by atoms with Crippen LogP contribution < -0.4 is 10.6 Å². The van der Waals surface area contributed by atoms with E-state index >= 15 is 0 Å². The minimum Gasteiger partial charge on any atom is -0.345 e. The van der Waals surface area contributed by atoms with E-state index in [9.17, 15) is 26.4 Å². The number of carbonyl (C=O) groups excluding carboxylic acids is 1. The third-order valence-electron chi connectivity index (χ3n) is 4.14. The molecule has 0 atom stereocenters. The fourth-order valence-electron chi connectivity index (χ4n) is 2.52. The fraction of sp³-hybridized carbons (Fsp3) is 0.100. The molecule has 0 radical (unpaired) electrons. The van der Waals surface area contributed by atoms with E-state index in [1.165, 1.54) is 24.5 Å². The lowest BCUT2D eigenvalue weighted by molar-refractivity contribution is -0.219. The van der Waals surface area contributed by atoms with E-state index in [1.54, 1.807) is 24.3 Å². The van der Waals surface area contributed by atoms with Crippen molar-refractivity contribution < 1.29 is 31.2 Å². The molecule has 34 heavy (non-hydrogen) atoms. The Morgan fingerprint density at radius 1 is 1.03 bits per heavy atom. The molecule has 176 valence electrons. The number of nitrogens with one attached hydrogen (secondary N) is 2. The molecule has 0 aliphatic carbocycles. The number of sulfonamides is 1. The molecule has 0 fully saturated rings. The van der Waals surface area contributed by atoms with Gasteiger partial charge in [0.25, 0.3) is 10.0 Å². The lowest BCUT2D eigenvalue weighted by Crippen LogP contribution is -2.36. The number of hydrogen-bond acceptors (Lipinski definition) is 9. The minimum absolute atomic E-state index is 0.160. The Bertz CT molecular complexity index is 1340. The third-order valence-corrected chi connectivity index (χ3v) is 5.74. The molecular weight excluding hydrogens is 477 g/mol. The number of hydroxylamine groups is 1. The zero-order chi connectivity index (χ0) is 24.9. The summed E-state index contributed by atoms with van der Waals surface area (Å²) >= 11 is 0. The Hall–Kier alpha value is -4.22. The Morgan fingerprint density at radius 3 is 2.24 bits per heavy atom. The monoisotopic (exact) mass is 492 g/mol. The summed E-state index contributed by atoms with van der Waals surface area (Å²) in [6.07, 6.45) is -4.11. The zero-order valence-corrected chi connectivity index (χ0v) is 18.1. The van der Waals surface area contributed by atoms with Gasteiger partial charge in [-0.2, -0.15) is 18.4 Å². The zero-order valence-electron chi connectivity index (χ0n) is 17.2. The van der Waals surface area contributed by atoms with Crippen molar-refractivity contribution in [3.63, 3.8) is 0 Å². The molecule has 3 aromatic rings. The molecule has 0 saturated heterocycles. The molecule has 10 nitrogen and oxygen atoms in total. The van der Waals surface area contributed by atoms with Crippen LogP contribution in [0.25, 0.3) is 0 Å². The number of hydrogen-bond donors (Lipinski definition) is 2. The number of benzene rings is 2. The Kier molecular flexibility index (Phi) is 6.99. The second-order valence-corrected chi connectivity index (χ2v) is 8.48. The summed E-state index contributed by atoms with van der Waals surface area (Å²) < 4.78 is 62.0. The average molecular weight is 492 g/mol. The van der Waals surface area contributed by atoms with E-state index < -0.39 is 27.1 Å². The molecule has 1 aromatic heterocycles. The van der Waals surface area contributed by atoms with Crippen LogP contribution in [0.4, 0.5) is 36.2 Å². The van der Waals surface area contributed by atoms with Crippen molar-refractivity contribution in [3.8, 4) is 6.07 Å². The van der Waals surface area contributed by atoms with Gasteiger partial charge in [-0.25, -0.2) is 23.2 Å². The molecular formula is C20H15F3N6O4S. The topological polar surface area (TPSA) is 137 Å². The Morgan fingerprint density at radius 2 is 1.65 bits per heavy atom. The molecule has 2 N–H and O–H groups in total. The summed E-state index contributed by atoms with van der Waals surface area (Å²) in [5.74, 6) is -2.00. The van der Waals surface area contributed by atoms with Crippen molar-refractivity contribution in [2.45, 2.75) is 11.1 Å². The Labute approximate surface area is 191 Å². The molecule has 1 heterocycles. The predicted octanol–water partition coefficient (Wildman–Crippen LogP) is 3.48. The number of anilines is 4. The summed E-state index contributed by atoms with van der Waals surface area (Å²) in [5, 5.41) is 14.7. The summed E-state index contributed by atoms with van der Waals surface area (Å²) in [4.78, 5) is 22.5. The smallest absolute Gasteiger partial charge is 0.345 e. The van der Waals surface area contributed by atoms with E-state index in [-0.39, 0.29) is 16.0 Å². The first-order valence-electron chi connectivity index (χ1n) is 9.23. The van der Waals surface area contributed by atoms with Crippen molar-refractivity contribution in [1.29, 1.82) is 5.26 Å². The lowest BCUT2D eigenvalue weighted by Gasteiger charge is -2.17. The van der Waals surface area contributed by atoms with E-state index in [2.05, 4.69) is 25.4 Å². The van der Waals surface area contributed by atoms with Gasteiger partial charge in [-0.15, -0.1) is 0 Å². The molecule has 0 spiro atoms. The fourth-order valence-corrected chi connectivity index (χ4v) is 3.51. The van der Waals surface area contributed by atoms with E-state index in [4.69, 9.17) is 5.26 Å². The van der Waals surface area contributed by atoms with Gasteiger partial charge in [-0.05, 0) is 46.9 Å². The average Bonchev–Trinajstić information content (AvgIpc) is 2.79. The molecule has 0 amide bonds. The predicted molar refractivity (Wildman–Crippen MR) is 113 cm³/mol. The molecule has 14 heteroatoms. The Balaban J connectivity index is 1.75. The maximum absolute atomic E-state index is 12.5. The van der Waals surface area contributed by atoms with Crippen LogP contribution in [0.15, 0.2) is 65.8 Å². The highest BCUT2D eigenvalue weighted by atomic mass is 32.2. The molecule has 0 aliphatic heterocycles. The first-order chi connectivity index (χ1) is 16.0. The summed E-state index contributed by atoms with van der Waals surface area (Å²) in [5.41, 5.74) is 1.39. The summed E-state index contributed by atoms with van der Waals surface area (Å²) in [6.45, 7) is 0. The SMILES string of the molecule is CN(OC(=O)C(F)(F)F)S(=O)(=O)c1cccc(Nc2cc(Nc3ccc(C#N)cc3)ncn2)c1. The molecule has 0 unspecified atom stereocenters. The molecule has 0 bridgehead atoms. The van der Waals surface area contributed by atoms with Crippen molar-refractivity contribution >= 4 is 39.0 Å². The number of nitriles is 1. The van der Waals surface area contributed by atoms with Gasteiger partial charge in [-0.3, -0.25) is 0 Å². The summed E-state index contributed by atoms with van der Waals surface area (Å²) in [7, 11) is -3.91. The van der Waals surface area contributed by atoms with Gasteiger partial charge >= 0.3 is 12.1 Å². The van der Waals surface area contributed by atoms with Gasteiger partial charge in [0.05, 0.1) is 16.5 Å². The lowest BCUT2D eigenvalue weighted by atomic mass is 10.2. The van der Waals surface area contributed by atoms with Crippen LogP contribution in [0, 0.1) is 11.3 Å². The maximum Gasteiger partial charge on any atom is 0.492 e. The highest BCUT2D eigenvalue weighted by Crippen LogP contribution is 2.24. The number of rotatable bonds is 7. The maximum atomic E-state index is 12.5. The van der Waals surface area contributed by atoms with Crippen molar-refractivity contribution in [2.75, 3.05) is 17.7 Å². The molecule has 2 aromatic carbocycles. The second-order valence-electron chi connectivity index (χ2n) is 6.55. The highest BCUT2D eigenvalue weighted by molar-refractivity contribution is 7.89. The quantitative estimate of drug-likeness (QED) is 0.475. The van der Waals surface area contributed by atoms with E-state index in [0.29, 0.717) is 24.1 Å². The van der Waals surface area contributed by atoms with Gasteiger partial charge in [0.1, 0.15) is 18.0 Å². The van der Waals surface area contributed by atoms with Crippen LogP contribution in [-0.4, -0.2) is 42.0 Å². The number of nitrogens with zero attached hydrogens (tertiary/aromatic N) is 4.